The molecule has 2 fully saturated rings. The third kappa shape index (κ3) is 2.12. The van der Waals surface area contributed by atoms with Crippen LogP contribution in [0.15, 0.2) is 0 Å². The fourth-order valence-corrected chi connectivity index (χ4v) is 3.60. The number of hydrogen-bond donors (Lipinski definition) is 1. The van der Waals surface area contributed by atoms with Gasteiger partial charge in [-0.15, -0.1) is 0 Å². The maximum Gasteiger partial charge on any atom is 0.249 e. The highest BCUT2D eigenvalue weighted by Gasteiger charge is 2.58. The van der Waals surface area contributed by atoms with Gasteiger partial charge in [-0.05, 0) is 33.1 Å². The predicted octanol–water partition coefficient (Wildman–Crippen LogP) is 1.46. The molecule has 1 aliphatic heterocycles. The molecule has 0 aromatic heterocycles. The summed E-state index contributed by atoms with van der Waals surface area (Å²) in [5, 5.41) is 2.98. The first-order chi connectivity index (χ1) is 9.41. The van der Waals surface area contributed by atoms with Crippen molar-refractivity contribution in [1.82, 2.24) is 10.2 Å². The molecule has 114 valence electrons. The Morgan fingerprint density at radius 3 is 2.45 bits per heavy atom. The number of carbonyl (C=O) groups excluding carboxylic acids is 2. The van der Waals surface area contributed by atoms with Crippen LogP contribution in [0.2, 0.25) is 0 Å². The number of rotatable bonds is 4. The summed E-state index contributed by atoms with van der Waals surface area (Å²) in [7, 11) is 1.63. The molecular formula is C15H26N2O3. The highest BCUT2D eigenvalue weighted by atomic mass is 16.5. The Morgan fingerprint density at radius 1 is 1.35 bits per heavy atom. The summed E-state index contributed by atoms with van der Waals surface area (Å²) in [6.07, 6.45) is 4.13. The van der Waals surface area contributed by atoms with Gasteiger partial charge in [0.05, 0.1) is 12.6 Å². The SMILES string of the molecule is CCC1(C)NC(=O)C2(CCCC2)N(C(C)COC)C1=O. The molecule has 0 radical (unpaired) electrons. The number of nitrogens with one attached hydrogen (secondary N) is 1. The van der Waals surface area contributed by atoms with Crippen LogP contribution >= 0.6 is 0 Å². The van der Waals surface area contributed by atoms with E-state index in [1.54, 1.807) is 7.11 Å². The molecule has 1 heterocycles. The Labute approximate surface area is 121 Å². The van der Waals surface area contributed by atoms with Crippen molar-refractivity contribution >= 4 is 11.8 Å². The third-order valence-electron chi connectivity index (χ3n) is 4.95. The summed E-state index contributed by atoms with van der Waals surface area (Å²) in [6.45, 7) is 6.18. The Kier molecular flexibility index (Phi) is 4.09. The van der Waals surface area contributed by atoms with Crippen molar-refractivity contribution in [2.75, 3.05) is 13.7 Å². The van der Waals surface area contributed by atoms with E-state index >= 15 is 0 Å². The molecule has 0 bridgehead atoms. The van der Waals surface area contributed by atoms with E-state index in [0.717, 1.165) is 25.7 Å². The maximum atomic E-state index is 13.0. The topological polar surface area (TPSA) is 58.6 Å². The minimum absolute atomic E-state index is 0.0157. The van der Waals surface area contributed by atoms with Crippen molar-refractivity contribution in [2.24, 2.45) is 0 Å². The van der Waals surface area contributed by atoms with Gasteiger partial charge in [0.25, 0.3) is 0 Å². The van der Waals surface area contributed by atoms with Gasteiger partial charge in [0.15, 0.2) is 0 Å². The minimum Gasteiger partial charge on any atom is -0.383 e. The summed E-state index contributed by atoms with van der Waals surface area (Å²) in [5.41, 5.74) is -1.43. The van der Waals surface area contributed by atoms with Crippen molar-refractivity contribution in [3.8, 4) is 0 Å². The molecule has 1 aliphatic carbocycles. The van der Waals surface area contributed by atoms with E-state index in [0.29, 0.717) is 13.0 Å². The van der Waals surface area contributed by atoms with E-state index in [-0.39, 0.29) is 17.9 Å². The number of ether oxygens (including phenoxy) is 1. The second-order valence-electron chi connectivity index (χ2n) is 6.36. The number of piperazine rings is 1. The van der Waals surface area contributed by atoms with Gasteiger partial charge in [0.2, 0.25) is 11.8 Å². The van der Waals surface area contributed by atoms with Crippen molar-refractivity contribution in [2.45, 2.75) is 70.0 Å². The maximum absolute atomic E-state index is 13.0. The van der Waals surface area contributed by atoms with E-state index < -0.39 is 11.1 Å². The van der Waals surface area contributed by atoms with Crippen LogP contribution in [0.3, 0.4) is 0 Å². The molecule has 2 aliphatic rings. The number of nitrogens with zero attached hydrogens (tertiary/aromatic N) is 1. The summed E-state index contributed by atoms with van der Waals surface area (Å²) in [5.74, 6) is 0.0490. The molecule has 2 amide bonds. The fourth-order valence-electron chi connectivity index (χ4n) is 3.60. The highest BCUT2D eigenvalue weighted by molar-refractivity contribution is 6.02. The van der Waals surface area contributed by atoms with Crippen LogP contribution in [0.5, 0.6) is 0 Å². The van der Waals surface area contributed by atoms with Crippen LogP contribution in [-0.2, 0) is 14.3 Å². The van der Waals surface area contributed by atoms with Crippen LogP contribution < -0.4 is 5.32 Å². The van der Waals surface area contributed by atoms with Gasteiger partial charge in [-0.25, -0.2) is 0 Å². The lowest BCUT2D eigenvalue weighted by Crippen LogP contribution is -2.76. The first kappa shape index (κ1) is 15.3. The van der Waals surface area contributed by atoms with E-state index in [4.69, 9.17) is 4.74 Å². The Balaban J connectivity index is 2.41. The molecule has 1 saturated carbocycles. The van der Waals surface area contributed by atoms with Gasteiger partial charge in [0, 0.05) is 7.11 Å². The number of amides is 2. The molecule has 20 heavy (non-hydrogen) atoms. The number of methoxy groups -OCH3 is 1. The van der Waals surface area contributed by atoms with Crippen LogP contribution in [0.4, 0.5) is 0 Å². The number of carbonyl (C=O) groups is 2. The van der Waals surface area contributed by atoms with Crippen molar-refractivity contribution < 1.29 is 14.3 Å². The Bertz CT molecular complexity index is 404. The highest BCUT2D eigenvalue weighted by Crippen LogP contribution is 2.41. The summed E-state index contributed by atoms with van der Waals surface area (Å²) in [6, 6.07) is -0.0810. The van der Waals surface area contributed by atoms with Gasteiger partial charge >= 0.3 is 0 Å². The molecule has 5 nitrogen and oxygen atoms in total. The van der Waals surface area contributed by atoms with Crippen molar-refractivity contribution in [1.29, 1.82) is 0 Å². The standard InChI is InChI=1S/C15H26N2O3/c1-5-14(3)13(19)17(11(2)10-20-4)15(12(18)16-14)8-6-7-9-15/h11H,5-10H2,1-4H3,(H,16,18). The van der Waals surface area contributed by atoms with Crippen molar-refractivity contribution in [3.63, 3.8) is 0 Å². The first-order valence-corrected chi connectivity index (χ1v) is 7.56. The second-order valence-corrected chi connectivity index (χ2v) is 6.36. The van der Waals surface area contributed by atoms with E-state index in [9.17, 15) is 9.59 Å². The van der Waals surface area contributed by atoms with E-state index in [1.807, 2.05) is 25.7 Å². The molecule has 1 N–H and O–H groups in total. The second kappa shape index (κ2) is 5.35. The van der Waals surface area contributed by atoms with Crippen LogP contribution in [-0.4, -0.2) is 47.6 Å². The molecule has 0 aromatic carbocycles. The average Bonchev–Trinajstić information content (AvgIpc) is 2.88. The van der Waals surface area contributed by atoms with Gasteiger partial charge < -0.3 is 15.0 Å². The molecule has 1 spiro atoms. The van der Waals surface area contributed by atoms with Gasteiger partial charge in [-0.1, -0.05) is 19.8 Å². The molecule has 2 unspecified atom stereocenters. The van der Waals surface area contributed by atoms with E-state index in [2.05, 4.69) is 5.32 Å². The fraction of sp³-hybridized carbons (Fsp3) is 0.867. The summed E-state index contributed by atoms with van der Waals surface area (Å²) >= 11 is 0. The third-order valence-corrected chi connectivity index (χ3v) is 4.95. The van der Waals surface area contributed by atoms with Gasteiger partial charge in [0.1, 0.15) is 11.1 Å². The normalized spacial score (nSPS) is 30.7. The smallest absolute Gasteiger partial charge is 0.249 e. The molecule has 5 heteroatoms. The average molecular weight is 282 g/mol. The molecular weight excluding hydrogens is 256 g/mol. The zero-order valence-corrected chi connectivity index (χ0v) is 13.0. The van der Waals surface area contributed by atoms with E-state index in [1.165, 1.54) is 0 Å². The lowest BCUT2D eigenvalue weighted by Gasteiger charge is -2.52. The Hall–Kier alpha value is -1.10. The largest absolute Gasteiger partial charge is 0.383 e. The monoisotopic (exact) mass is 282 g/mol. The van der Waals surface area contributed by atoms with Crippen molar-refractivity contribution in [3.05, 3.63) is 0 Å². The minimum atomic E-state index is -0.785. The van der Waals surface area contributed by atoms with Crippen LogP contribution in [0, 0.1) is 0 Å². The zero-order chi connectivity index (χ0) is 15.0. The zero-order valence-electron chi connectivity index (χ0n) is 13.0. The quantitative estimate of drug-likeness (QED) is 0.849. The lowest BCUT2D eigenvalue weighted by molar-refractivity contribution is -0.167. The first-order valence-electron chi connectivity index (χ1n) is 7.56. The lowest BCUT2D eigenvalue weighted by atomic mass is 9.82. The Morgan fingerprint density at radius 2 is 1.95 bits per heavy atom. The summed E-state index contributed by atoms with van der Waals surface area (Å²) in [4.78, 5) is 27.5. The molecule has 0 aromatic rings. The molecule has 2 rings (SSSR count). The summed E-state index contributed by atoms with van der Waals surface area (Å²) < 4.78 is 5.22. The van der Waals surface area contributed by atoms with Crippen LogP contribution in [0.25, 0.3) is 0 Å². The molecule has 1 saturated heterocycles. The van der Waals surface area contributed by atoms with Gasteiger partial charge in [-0.2, -0.15) is 0 Å². The van der Waals surface area contributed by atoms with Crippen LogP contribution in [0.1, 0.15) is 52.9 Å². The number of hydrogen-bond acceptors (Lipinski definition) is 3. The molecule has 2 atom stereocenters. The predicted molar refractivity (Wildman–Crippen MR) is 76.2 cm³/mol. The van der Waals surface area contributed by atoms with Gasteiger partial charge in [-0.3, -0.25) is 9.59 Å².